The second-order valence-corrected chi connectivity index (χ2v) is 4.82. The minimum atomic E-state index is -0.749. The Balaban J connectivity index is 2.47. The monoisotopic (exact) mass is 292 g/mol. The van der Waals surface area contributed by atoms with Crippen LogP contribution in [0.25, 0.3) is 0 Å². The lowest BCUT2D eigenvalue weighted by Gasteiger charge is -2.15. The van der Waals surface area contributed by atoms with Crippen molar-refractivity contribution in [1.82, 2.24) is 4.98 Å². The number of benzene rings is 1. The normalized spacial score (nSPS) is 12.4. The molecule has 0 aliphatic heterocycles. The van der Waals surface area contributed by atoms with Gasteiger partial charge in [0.2, 0.25) is 0 Å². The number of rotatable bonds is 2. The van der Waals surface area contributed by atoms with Crippen molar-refractivity contribution in [3.05, 3.63) is 57.8 Å². The van der Waals surface area contributed by atoms with Gasteiger partial charge in [0.15, 0.2) is 0 Å². The zero-order valence-electron chi connectivity index (χ0n) is 9.39. The number of nitrogen functional groups attached to an aromatic ring is 1. The first kappa shape index (κ1) is 12.1. The topological polar surface area (TPSA) is 59.1 Å². The maximum absolute atomic E-state index is 10.3. The number of hydrogen-bond acceptors (Lipinski definition) is 3. The maximum atomic E-state index is 10.3. The predicted octanol–water partition coefficient (Wildman–Crippen LogP) is 2.82. The SMILES string of the molecule is Cc1ccc(Br)cc1C(O)c1cnccc1N. The van der Waals surface area contributed by atoms with Gasteiger partial charge in [-0.15, -0.1) is 0 Å². The van der Waals surface area contributed by atoms with E-state index >= 15 is 0 Å². The van der Waals surface area contributed by atoms with E-state index < -0.39 is 6.10 Å². The van der Waals surface area contributed by atoms with Crippen molar-refractivity contribution in [1.29, 1.82) is 0 Å². The number of hydrogen-bond donors (Lipinski definition) is 2. The van der Waals surface area contributed by atoms with Gasteiger partial charge in [0.1, 0.15) is 6.10 Å². The van der Waals surface area contributed by atoms with Gasteiger partial charge < -0.3 is 10.8 Å². The Morgan fingerprint density at radius 3 is 2.76 bits per heavy atom. The summed E-state index contributed by atoms with van der Waals surface area (Å²) < 4.78 is 0.930. The Kier molecular flexibility index (Phi) is 3.45. The van der Waals surface area contributed by atoms with Gasteiger partial charge in [-0.05, 0) is 36.2 Å². The van der Waals surface area contributed by atoms with Crippen LogP contribution in [0.15, 0.2) is 41.1 Å². The third-order valence-corrected chi connectivity index (χ3v) is 3.21. The molecule has 1 unspecified atom stereocenters. The van der Waals surface area contributed by atoms with E-state index in [1.807, 2.05) is 25.1 Å². The molecule has 17 heavy (non-hydrogen) atoms. The Hall–Kier alpha value is -1.39. The quantitative estimate of drug-likeness (QED) is 0.895. The molecule has 0 saturated heterocycles. The molecule has 88 valence electrons. The highest BCUT2D eigenvalue weighted by atomic mass is 79.9. The third kappa shape index (κ3) is 2.48. The Morgan fingerprint density at radius 1 is 1.29 bits per heavy atom. The summed E-state index contributed by atoms with van der Waals surface area (Å²) in [5.41, 5.74) is 8.87. The van der Waals surface area contributed by atoms with E-state index in [2.05, 4.69) is 20.9 Å². The lowest BCUT2D eigenvalue weighted by Crippen LogP contribution is -2.06. The van der Waals surface area contributed by atoms with Crippen molar-refractivity contribution in [2.24, 2.45) is 0 Å². The average Bonchev–Trinajstić information content (AvgIpc) is 2.32. The van der Waals surface area contributed by atoms with Crippen molar-refractivity contribution >= 4 is 21.6 Å². The summed E-state index contributed by atoms with van der Waals surface area (Å²) in [6, 6.07) is 7.48. The molecule has 0 spiro atoms. The second-order valence-electron chi connectivity index (χ2n) is 3.91. The first-order valence-electron chi connectivity index (χ1n) is 5.23. The van der Waals surface area contributed by atoms with Gasteiger partial charge in [-0.25, -0.2) is 0 Å². The summed E-state index contributed by atoms with van der Waals surface area (Å²) in [4.78, 5) is 3.99. The molecule has 1 atom stereocenters. The molecule has 0 radical (unpaired) electrons. The zero-order chi connectivity index (χ0) is 12.4. The van der Waals surface area contributed by atoms with Gasteiger partial charge in [-0.1, -0.05) is 22.0 Å². The number of aliphatic hydroxyl groups excluding tert-OH is 1. The molecule has 1 heterocycles. The Bertz CT molecular complexity index is 543. The van der Waals surface area contributed by atoms with E-state index in [0.717, 1.165) is 15.6 Å². The minimum absolute atomic E-state index is 0.548. The lowest BCUT2D eigenvalue weighted by molar-refractivity contribution is 0.220. The highest BCUT2D eigenvalue weighted by Gasteiger charge is 2.15. The number of nitrogens with two attached hydrogens (primary N) is 1. The molecule has 0 bridgehead atoms. The molecule has 1 aromatic heterocycles. The largest absolute Gasteiger partial charge is 0.398 e. The van der Waals surface area contributed by atoms with Crippen molar-refractivity contribution < 1.29 is 5.11 Å². The Morgan fingerprint density at radius 2 is 2.06 bits per heavy atom. The van der Waals surface area contributed by atoms with Gasteiger partial charge in [0.05, 0.1) is 0 Å². The number of aromatic nitrogens is 1. The summed E-state index contributed by atoms with van der Waals surface area (Å²) in [6.45, 7) is 1.96. The molecule has 2 rings (SSSR count). The molecule has 0 saturated carbocycles. The van der Waals surface area contributed by atoms with Crippen LogP contribution in [0.2, 0.25) is 0 Å². The molecule has 0 aliphatic rings. The minimum Gasteiger partial charge on any atom is -0.398 e. The van der Waals surface area contributed by atoms with E-state index in [-0.39, 0.29) is 0 Å². The molecule has 1 aromatic carbocycles. The molecule has 0 aliphatic carbocycles. The fraction of sp³-hybridized carbons (Fsp3) is 0.154. The van der Waals surface area contributed by atoms with Gasteiger partial charge >= 0.3 is 0 Å². The number of pyridine rings is 1. The number of aryl methyl sites for hydroxylation is 1. The van der Waals surface area contributed by atoms with Crippen molar-refractivity contribution in [2.45, 2.75) is 13.0 Å². The van der Waals surface area contributed by atoms with Crippen LogP contribution in [-0.4, -0.2) is 10.1 Å². The number of aliphatic hydroxyl groups is 1. The Labute approximate surface area is 108 Å². The molecule has 3 nitrogen and oxygen atoms in total. The van der Waals surface area contributed by atoms with Crippen LogP contribution in [0.4, 0.5) is 5.69 Å². The first-order chi connectivity index (χ1) is 8.09. The average molecular weight is 293 g/mol. The van der Waals surface area contributed by atoms with Crippen LogP contribution in [-0.2, 0) is 0 Å². The van der Waals surface area contributed by atoms with Gasteiger partial charge in [-0.2, -0.15) is 0 Å². The molecule has 2 aromatic rings. The van der Waals surface area contributed by atoms with E-state index in [1.165, 1.54) is 0 Å². The van der Waals surface area contributed by atoms with Crippen LogP contribution in [0, 0.1) is 6.92 Å². The number of anilines is 1. The molecule has 0 amide bonds. The van der Waals surface area contributed by atoms with Crippen molar-refractivity contribution in [3.63, 3.8) is 0 Å². The van der Waals surface area contributed by atoms with Gasteiger partial charge in [0.25, 0.3) is 0 Å². The standard InChI is InChI=1S/C13H13BrN2O/c1-8-2-3-9(14)6-10(8)13(17)11-7-16-5-4-12(11)15/h2-7,13,17H,1H3,(H2,15,16). The van der Waals surface area contributed by atoms with Crippen molar-refractivity contribution in [3.8, 4) is 0 Å². The summed E-state index contributed by atoms with van der Waals surface area (Å²) in [6.07, 6.45) is 2.46. The van der Waals surface area contributed by atoms with E-state index in [4.69, 9.17) is 5.73 Å². The van der Waals surface area contributed by atoms with Crippen LogP contribution in [0.1, 0.15) is 22.8 Å². The van der Waals surface area contributed by atoms with E-state index in [1.54, 1.807) is 18.5 Å². The number of nitrogens with zero attached hydrogens (tertiary/aromatic N) is 1. The second kappa shape index (κ2) is 4.85. The lowest BCUT2D eigenvalue weighted by atomic mass is 9.98. The maximum Gasteiger partial charge on any atom is 0.108 e. The molecule has 3 N–H and O–H groups in total. The fourth-order valence-electron chi connectivity index (χ4n) is 1.72. The third-order valence-electron chi connectivity index (χ3n) is 2.72. The van der Waals surface area contributed by atoms with Crippen molar-refractivity contribution in [2.75, 3.05) is 5.73 Å². The number of halogens is 1. The van der Waals surface area contributed by atoms with Crippen LogP contribution in [0.5, 0.6) is 0 Å². The molecular formula is C13H13BrN2O. The van der Waals surface area contributed by atoms with Gasteiger partial charge in [0, 0.05) is 28.1 Å². The molecule has 4 heteroatoms. The first-order valence-corrected chi connectivity index (χ1v) is 6.02. The summed E-state index contributed by atoms with van der Waals surface area (Å²) in [7, 11) is 0. The van der Waals surface area contributed by atoms with Gasteiger partial charge in [-0.3, -0.25) is 4.98 Å². The molecule has 0 fully saturated rings. The summed E-state index contributed by atoms with van der Waals surface area (Å²) >= 11 is 3.40. The highest BCUT2D eigenvalue weighted by molar-refractivity contribution is 9.10. The highest BCUT2D eigenvalue weighted by Crippen LogP contribution is 2.29. The molecular weight excluding hydrogens is 280 g/mol. The zero-order valence-corrected chi connectivity index (χ0v) is 11.0. The summed E-state index contributed by atoms with van der Waals surface area (Å²) in [5.74, 6) is 0. The van der Waals surface area contributed by atoms with Crippen LogP contribution in [0.3, 0.4) is 0 Å². The fourth-order valence-corrected chi connectivity index (χ4v) is 2.10. The van der Waals surface area contributed by atoms with E-state index in [9.17, 15) is 5.11 Å². The predicted molar refractivity (Wildman–Crippen MR) is 71.6 cm³/mol. The smallest absolute Gasteiger partial charge is 0.108 e. The summed E-state index contributed by atoms with van der Waals surface area (Å²) in [5, 5.41) is 10.3. The van der Waals surface area contributed by atoms with Crippen LogP contribution >= 0.6 is 15.9 Å². The van der Waals surface area contributed by atoms with E-state index in [0.29, 0.717) is 11.3 Å². The van der Waals surface area contributed by atoms with Crippen LogP contribution < -0.4 is 5.73 Å².